The third-order valence-electron chi connectivity index (χ3n) is 1.41. The minimum Gasteiger partial charge on any atom is -0.465 e. The Bertz CT molecular complexity index is 393. The molecule has 74 valence electrons. The van der Waals surface area contributed by atoms with E-state index in [4.69, 9.17) is 16.7 Å². The Morgan fingerprint density at radius 3 is 2.71 bits per heavy atom. The number of nitro benzene ring substituents is 1. The van der Waals surface area contributed by atoms with Crippen molar-refractivity contribution in [2.75, 3.05) is 5.32 Å². The van der Waals surface area contributed by atoms with Crippen LogP contribution in [-0.4, -0.2) is 16.1 Å². The van der Waals surface area contributed by atoms with E-state index in [1.165, 1.54) is 18.2 Å². The maximum atomic E-state index is 10.5. The molecule has 0 bridgehead atoms. The fourth-order valence-corrected chi connectivity index (χ4v) is 1.16. The highest BCUT2D eigenvalue weighted by Crippen LogP contribution is 2.31. The Hall–Kier alpha value is -1.82. The van der Waals surface area contributed by atoms with Crippen molar-refractivity contribution < 1.29 is 14.8 Å². The van der Waals surface area contributed by atoms with Crippen LogP contribution >= 0.6 is 11.6 Å². The molecule has 0 atom stereocenters. The SMILES string of the molecule is O=C(O)Nc1cccc(Cl)c1[N+](=O)[O-]. The van der Waals surface area contributed by atoms with Gasteiger partial charge in [0.05, 0.1) is 4.92 Å². The number of hydrogen-bond acceptors (Lipinski definition) is 3. The van der Waals surface area contributed by atoms with Gasteiger partial charge in [-0.15, -0.1) is 0 Å². The van der Waals surface area contributed by atoms with E-state index < -0.39 is 16.7 Å². The summed E-state index contributed by atoms with van der Waals surface area (Å²) in [4.78, 5) is 20.0. The molecule has 0 unspecified atom stereocenters. The van der Waals surface area contributed by atoms with Crippen molar-refractivity contribution in [1.29, 1.82) is 0 Å². The molecule has 14 heavy (non-hydrogen) atoms. The molecule has 0 aliphatic heterocycles. The van der Waals surface area contributed by atoms with Crippen molar-refractivity contribution in [3.05, 3.63) is 33.3 Å². The Labute approximate surface area is 83.3 Å². The zero-order valence-corrected chi connectivity index (χ0v) is 7.49. The second kappa shape index (κ2) is 3.93. The van der Waals surface area contributed by atoms with Crippen LogP contribution in [-0.2, 0) is 0 Å². The smallest absolute Gasteiger partial charge is 0.409 e. The van der Waals surface area contributed by atoms with Crippen molar-refractivity contribution >= 4 is 29.1 Å². The van der Waals surface area contributed by atoms with Crippen molar-refractivity contribution in [3.63, 3.8) is 0 Å². The fraction of sp³-hybridized carbons (Fsp3) is 0. The van der Waals surface area contributed by atoms with E-state index in [1.807, 2.05) is 5.32 Å². The van der Waals surface area contributed by atoms with Gasteiger partial charge in [-0.05, 0) is 12.1 Å². The van der Waals surface area contributed by atoms with Crippen molar-refractivity contribution in [1.82, 2.24) is 0 Å². The summed E-state index contributed by atoms with van der Waals surface area (Å²) in [6, 6.07) is 3.99. The monoisotopic (exact) mass is 216 g/mol. The average Bonchev–Trinajstić information content (AvgIpc) is 2.01. The molecule has 0 spiro atoms. The van der Waals surface area contributed by atoms with Crippen molar-refractivity contribution in [2.24, 2.45) is 0 Å². The lowest BCUT2D eigenvalue weighted by Gasteiger charge is -2.02. The summed E-state index contributed by atoms with van der Waals surface area (Å²) in [5, 5.41) is 20.7. The molecule has 0 saturated carbocycles. The van der Waals surface area contributed by atoms with Crippen LogP contribution in [0.1, 0.15) is 0 Å². The minimum atomic E-state index is -1.38. The van der Waals surface area contributed by atoms with Gasteiger partial charge in [-0.1, -0.05) is 17.7 Å². The fourth-order valence-electron chi connectivity index (χ4n) is 0.917. The Morgan fingerprint density at radius 1 is 1.57 bits per heavy atom. The van der Waals surface area contributed by atoms with Gasteiger partial charge in [0.15, 0.2) is 0 Å². The van der Waals surface area contributed by atoms with Gasteiger partial charge in [0, 0.05) is 0 Å². The largest absolute Gasteiger partial charge is 0.465 e. The summed E-state index contributed by atoms with van der Waals surface area (Å²) in [6.07, 6.45) is -1.38. The molecular formula is C7H5ClN2O4. The molecule has 0 fully saturated rings. The van der Waals surface area contributed by atoms with E-state index in [9.17, 15) is 14.9 Å². The van der Waals surface area contributed by atoms with Gasteiger partial charge in [-0.2, -0.15) is 0 Å². The molecule has 2 N–H and O–H groups in total. The quantitative estimate of drug-likeness (QED) is 0.586. The Morgan fingerprint density at radius 2 is 2.21 bits per heavy atom. The average molecular weight is 217 g/mol. The maximum absolute atomic E-state index is 10.5. The zero-order chi connectivity index (χ0) is 10.7. The summed E-state index contributed by atoms with van der Waals surface area (Å²) in [7, 11) is 0. The molecule has 0 radical (unpaired) electrons. The first kappa shape index (κ1) is 10.3. The normalized spacial score (nSPS) is 9.50. The molecular weight excluding hydrogens is 212 g/mol. The summed E-state index contributed by atoms with van der Waals surface area (Å²) >= 11 is 5.53. The number of amides is 1. The number of benzene rings is 1. The van der Waals surface area contributed by atoms with Gasteiger partial charge in [0.2, 0.25) is 0 Å². The zero-order valence-electron chi connectivity index (χ0n) is 6.73. The van der Waals surface area contributed by atoms with Crippen LogP contribution in [0.25, 0.3) is 0 Å². The number of para-hydroxylation sites is 1. The number of nitro groups is 1. The lowest BCUT2D eigenvalue weighted by Crippen LogP contribution is -2.09. The second-order valence-corrected chi connectivity index (χ2v) is 2.73. The molecule has 0 saturated heterocycles. The molecule has 6 nitrogen and oxygen atoms in total. The van der Waals surface area contributed by atoms with Gasteiger partial charge in [-0.25, -0.2) is 4.79 Å². The maximum Gasteiger partial charge on any atom is 0.409 e. The van der Waals surface area contributed by atoms with E-state index in [2.05, 4.69) is 0 Å². The lowest BCUT2D eigenvalue weighted by atomic mass is 10.2. The molecule has 7 heteroatoms. The predicted molar refractivity (Wildman–Crippen MR) is 49.8 cm³/mol. The van der Waals surface area contributed by atoms with Gasteiger partial charge in [-0.3, -0.25) is 15.4 Å². The first-order chi connectivity index (χ1) is 6.52. The van der Waals surface area contributed by atoms with E-state index in [-0.39, 0.29) is 10.7 Å². The number of hydrogen-bond donors (Lipinski definition) is 2. The van der Waals surface area contributed by atoms with E-state index in [1.54, 1.807) is 0 Å². The number of rotatable bonds is 2. The molecule has 1 amide bonds. The highest BCUT2D eigenvalue weighted by molar-refractivity contribution is 6.33. The van der Waals surface area contributed by atoms with Crippen LogP contribution in [0, 0.1) is 10.1 Å². The number of anilines is 1. The topological polar surface area (TPSA) is 92.5 Å². The van der Waals surface area contributed by atoms with E-state index in [0.717, 1.165) is 0 Å². The van der Waals surface area contributed by atoms with Gasteiger partial charge in [0.25, 0.3) is 0 Å². The van der Waals surface area contributed by atoms with Crippen LogP contribution in [0.5, 0.6) is 0 Å². The number of nitrogens with zero attached hydrogens (tertiary/aromatic N) is 1. The van der Waals surface area contributed by atoms with E-state index in [0.29, 0.717) is 0 Å². The van der Waals surface area contributed by atoms with Crippen molar-refractivity contribution in [3.8, 4) is 0 Å². The van der Waals surface area contributed by atoms with Gasteiger partial charge in [0.1, 0.15) is 10.7 Å². The van der Waals surface area contributed by atoms with Crippen LogP contribution in [0.2, 0.25) is 5.02 Å². The molecule has 0 heterocycles. The molecule has 1 aromatic carbocycles. The van der Waals surface area contributed by atoms with E-state index >= 15 is 0 Å². The highest BCUT2D eigenvalue weighted by atomic mass is 35.5. The van der Waals surface area contributed by atoms with Crippen LogP contribution in [0.3, 0.4) is 0 Å². The number of carbonyl (C=O) groups is 1. The van der Waals surface area contributed by atoms with Crippen LogP contribution < -0.4 is 5.32 Å². The summed E-state index contributed by atoms with van der Waals surface area (Å²) in [5.74, 6) is 0. The summed E-state index contributed by atoms with van der Waals surface area (Å²) < 4.78 is 0. The first-order valence-corrected chi connectivity index (χ1v) is 3.83. The van der Waals surface area contributed by atoms with Gasteiger partial charge >= 0.3 is 11.8 Å². The highest BCUT2D eigenvalue weighted by Gasteiger charge is 2.19. The Kier molecular flexibility index (Phi) is 2.88. The third-order valence-corrected chi connectivity index (χ3v) is 1.72. The summed E-state index contributed by atoms with van der Waals surface area (Å²) in [5.41, 5.74) is -0.591. The number of carboxylic acid groups (broad SMARTS) is 1. The predicted octanol–water partition coefficient (Wildman–Crippen LogP) is 2.34. The minimum absolute atomic E-state index is 0.110. The Balaban J connectivity index is 3.21. The number of halogens is 1. The first-order valence-electron chi connectivity index (χ1n) is 3.45. The second-order valence-electron chi connectivity index (χ2n) is 2.32. The molecule has 0 aromatic heterocycles. The molecule has 1 aromatic rings. The molecule has 0 aliphatic rings. The van der Waals surface area contributed by atoms with Crippen LogP contribution in [0.4, 0.5) is 16.2 Å². The molecule has 1 rings (SSSR count). The van der Waals surface area contributed by atoms with Crippen LogP contribution in [0.15, 0.2) is 18.2 Å². The summed E-state index contributed by atoms with van der Waals surface area (Å²) in [6.45, 7) is 0. The van der Waals surface area contributed by atoms with Crippen molar-refractivity contribution in [2.45, 2.75) is 0 Å². The number of nitrogens with one attached hydrogen (secondary N) is 1. The third kappa shape index (κ3) is 2.11. The lowest BCUT2D eigenvalue weighted by molar-refractivity contribution is -0.383. The standard InChI is InChI=1S/C7H5ClN2O4/c8-4-2-1-3-5(9-7(11)12)6(4)10(13)14/h1-3,9H,(H,11,12). The van der Waals surface area contributed by atoms with Gasteiger partial charge < -0.3 is 5.11 Å². The molecule has 0 aliphatic carbocycles.